The number of hydrogen-bond donors (Lipinski definition) is 0. The number of rotatable bonds is 5. The van der Waals surface area contributed by atoms with Gasteiger partial charge in [0, 0.05) is 54.5 Å². The van der Waals surface area contributed by atoms with Gasteiger partial charge in [0.2, 0.25) is 5.89 Å². The summed E-state index contributed by atoms with van der Waals surface area (Å²) in [6.07, 6.45) is 7.47. The molecule has 0 unspecified atom stereocenters. The van der Waals surface area contributed by atoms with E-state index in [-0.39, 0.29) is 42.4 Å². The molecule has 3 heterocycles. The zero-order chi connectivity index (χ0) is 48.1. The van der Waals surface area contributed by atoms with E-state index < -0.39 is 27.4 Å². The van der Waals surface area contributed by atoms with Crippen LogP contribution in [-0.2, 0) is 20.1 Å². The van der Waals surface area contributed by atoms with Crippen LogP contribution in [0.25, 0.3) is 67.0 Å². The summed E-state index contributed by atoms with van der Waals surface area (Å²) in [5.41, 5.74) is 7.96. The van der Waals surface area contributed by atoms with E-state index in [4.69, 9.17) is 25.9 Å². The van der Waals surface area contributed by atoms with Crippen LogP contribution in [0.3, 0.4) is 0 Å². The molecule has 0 bridgehead atoms. The molecule has 0 spiro atoms. The summed E-state index contributed by atoms with van der Waals surface area (Å²) in [4.78, 5) is 13.3. The summed E-state index contributed by atoms with van der Waals surface area (Å²) in [7, 11) is 0. The normalized spacial score (nSPS) is 18.0. The molecule has 0 N–H and O–H groups in total. The van der Waals surface area contributed by atoms with E-state index in [0.717, 1.165) is 28.3 Å². The maximum atomic E-state index is 8.00. The van der Waals surface area contributed by atoms with E-state index >= 15 is 0 Å². The van der Waals surface area contributed by atoms with Gasteiger partial charge in [0.1, 0.15) is 5.58 Å². The van der Waals surface area contributed by atoms with Gasteiger partial charge < -0.3 is 14.4 Å². The molecular weight excluding hydrogens is 863 g/mol. The van der Waals surface area contributed by atoms with Crippen LogP contribution in [0.15, 0.2) is 126 Å². The summed E-state index contributed by atoms with van der Waals surface area (Å²) < 4.78 is 97.3. The Morgan fingerprint density at radius 2 is 1.41 bits per heavy atom. The second-order valence-corrected chi connectivity index (χ2v) is 14.9. The maximum Gasteiger partial charge on any atom is 0.226 e. The Balaban J connectivity index is 0.000000274. The number of oxazole rings is 1. The Kier molecular flexibility index (Phi) is 7.83. The van der Waals surface area contributed by atoms with Gasteiger partial charge in [-0.3, -0.25) is 0 Å². The van der Waals surface area contributed by atoms with Crippen LogP contribution in [0.5, 0.6) is 0 Å². The molecule has 9 rings (SSSR count). The van der Waals surface area contributed by atoms with Crippen molar-refractivity contribution in [3.63, 3.8) is 0 Å². The van der Waals surface area contributed by atoms with E-state index in [1.54, 1.807) is 18.2 Å². The van der Waals surface area contributed by atoms with Crippen molar-refractivity contribution in [2.45, 2.75) is 72.9 Å². The quantitative estimate of drug-likeness (QED) is 0.161. The Morgan fingerprint density at radius 1 is 0.696 bits per heavy atom. The van der Waals surface area contributed by atoms with Gasteiger partial charge >= 0.3 is 0 Å². The molecule has 1 aliphatic rings. The number of pyridine rings is 2. The minimum atomic E-state index is -2.64. The summed E-state index contributed by atoms with van der Waals surface area (Å²) >= 11 is 0. The molecule has 283 valence electrons. The van der Waals surface area contributed by atoms with E-state index in [0.29, 0.717) is 56.2 Å². The number of nitrogens with zero attached hydrogens (tertiary/aromatic N) is 3. The fraction of sp³-hybridized carbons (Fsp3) is 0.235. The Labute approximate surface area is 361 Å². The monoisotopic (exact) mass is 922 g/mol. The maximum absolute atomic E-state index is 8.00. The fourth-order valence-corrected chi connectivity index (χ4v) is 7.24. The van der Waals surface area contributed by atoms with Gasteiger partial charge in [-0.15, -0.1) is 59.2 Å². The molecule has 5 aromatic carbocycles. The molecule has 3 aromatic heterocycles. The van der Waals surface area contributed by atoms with Crippen LogP contribution in [0, 0.1) is 45.0 Å². The van der Waals surface area contributed by atoms with Crippen LogP contribution in [-0.4, -0.2) is 15.0 Å². The van der Waals surface area contributed by atoms with E-state index in [1.165, 1.54) is 61.7 Å². The topological polar surface area (TPSA) is 51.8 Å². The smallest absolute Gasteiger partial charge is 0.226 e. The van der Waals surface area contributed by atoms with Crippen molar-refractivity contribution in [1.82, 2.24) is 15.0 Å². The van der Waals surface area contributed by atoms with Gasteiger partial charge in [-0.05, 0) is 115 Å². The third-order valence-corrected chi connectivity index (χ3v) is 10.5. The standard InChI is InChI=1S/C38H35N2O.C13H12N.Ir/c1-24-22-33(39-23-25(24)2)32-7-5-6-30-16-17-34-36(35(30)32)40-37(41-34)31-14-12-27(13-15-31)26-8-10-28(11-9-26)29-18-20-38(3,4)21-19-29;1-10-3-6-12(7-4-10)13-8-5-11(2)9-14-13;/h5-6,8-17,22-23,29H,18-21H2,1-4H3;3-6,8-9H,1-2H3;/q2*-1;/i2*1D3,2D3;. The molecule has 1 radical (unpaired) electrons. The van der Waals surface area contributed by atoms with Crippen molar-refractivity contribution in [2.24, 2.45) is 5.41 Å². The number of aromatic nitrogens is 3. The van der Waals surface area contributed by atoms with Crippen molar-refractivity contribution in [2.75, 3.05) is 0 Å². The molecular formula is C51H47IrN3O-2. The van der Waals surface area contributed by atoms with Crippen molar-refractivity contribution in [3.8, 4) is 45.1 Å². The SMILES string of the molecule is [2H]C([2H])([2H])c1c[c-]c(-c2ccc(C([2H])([2H])[2H])cn2)cc1.[2H]C([2H])([2H])c1cnc(-c2[c-]ccc3ccc4oc(-c5ccc(-c6ccc(C7CCC(C)(C)CC7)cc6)cc5)nc4c23)cc1C([2H])([2H])[2H].[Ir]. The van der Waals surface area contributed by atoms with Crippen LogP contribution in [0.1, 0.15) is 89.7 Å². The summed E-state index contributed by atoms with van der Waals surface area (Å²) in [5.74, 6) is 1.10. The zero-order valence-corrected chi connectivity index (χ0v) is 33.4. The Morgan fingerprint density at radius 3 is 2.09 bits per heavy atom. The predicted molar refractivity (Wildman–Crippen MR) is 227 cm³/mol. The fourth-order valence-electron chi connectivity index (χ4n) is 7.24. The Bertz CT molecular complexity index is 2960. The van der Waals surface area contributed by atoms with Gasteiger partial charge in [-0.25, -0.2) is 4.98 Å². The molecule has 0 saturated heterocycles. The van der Waals surface area contributed by atoms with Gasteiger partial charge in [0.25, 0.3) is 0 Å². The van der Waals surface area contributed by atoms with Gasteiger partial charge in [-0.2, -0.15) is 0 Å². The van der Waals surface area contributed by atoms with Crippen LogP contribution < -0.4 is 0 Å². The second kappa shape index (κ2) is 16.5. The molecule has 1 saturated carbocycles. The number of aryl methyl sites for hydroxylation is 4. The van der Waals surface area contributed by atoms with E-state index in [9.17, 15) is 0 Å². The first-order valence-corrected chi connectivity index (χ1v) is 18.4. The molecule has 1 fully saturated rings. The minimum Gasteiger partial charge on any atom is -0.437 e. The first-order chi connectivity index (χ1) is 31.4. The average Bonchev–Trinajstić information content (AvgIpc) is 3.73. The van der Waals surface area contributed by atoms with Gasteiger partial charge in [0.05, 0.1) is 5.52 Å². The molecule has 5 heteroatoms. The molecule has 0 aliphatic heterocycles. The van der Waals surface area contributed by atoms with Crippen LogP contribution in [0.2, 0.25) is 0 Å². The minimum absolute atomic E-state index is 0. The van der Waals surface area contributed by atoms with Gasteiger partial charge in [0.15, 0.2) is 0 Å². The number of fused-ring (bicyclic) bond motifs is 3. The molecule has 56 heavy (non-hydrogen) atoms. The van der Waals surface area contributed by atoms with Crippen LogP contribution >= 0.6 is 0 Å². The van der Waals surface area contributed by atoms with Crippen molar-refractivity contribution < 1.29 is 41.0 Å². The molecule has 0 atom stereocenters. The second-order valence-electron chi connectivity index (χ2n) is 14.9. The Hall–Kier alpha value is -5.22. The third kappa shape index (κ3) is 8.45. The first-order valence-electron chi connectivity index (χ1n) is 24.4. The third-order valence-electron chi connectivity index (χ3n) is 10.5. The van der Waals surface area contributed by atoms with Crippen molar-refractivity contribution in [3.05, 3.63) is 162 Å². The zero-order valence-electron chi connectivity index (χ0n) is 43.0. The molecule has 0 amide bonds. The summed E-state index contributed by atoms with van der Waals surface area (Å²) in [6, 6.07) is 39.5. The molecule has 8 aromatic rings. The molecule has 1 aliphatic carbocycles. The first kappa shape index (κ1) is 26.6. The van der Waals surface area contributed by atoms with Gasteiger partial charge in [-0.1, -0.05) is 97.7 Å². The van der Waals surface area contributed by atoms with E-state index in [2.05, 4.69) is 72.3 Å². The summed E-state index contributed by atoms with van der Waals surface area (Å²) in [6.45, 7) is -4.84. The number of hydrogen-bond acceptors (Lipinski definition) is 4. The van der Waals surface area contributed by atoms with E-state index in [1.807, 2.05) is 30.3 Å². The summed E-state index contributed by atoms with van der Waals surface area (Å²) in [5, 5.41) is 1.54. The average molecular weight is 922 g/mol. The largest absolute Gasteiger partial charge is 0.437 e. The number of benzene rings is 5. The predicted octanol–water partition coefficient (Wildman–Crippen LogP) is 13.6. The van der Waals surface area contributed by atoms with Crippen molar-refractivity contribution in [1.29, 1.82) is 0 Å². The van der Waals surface area contributed by atoms with Crippen molar-refractivity contribution >= 4 is 21.9 Å². The van der Waals surface area contributed by atoms with Crippen LogP contribution in [0.4, 0.5) is 0 Å². The molecule has 4 nitrogen and oxygen atoms in total.